The first-order valence-electron chi connectivity index (χ1n) is 7.04. The molecule has 0 aliphatic rings. The third kappa shape index (κ3) is 3.23. The molecule has 0 radical (unpaired) electrons. The molecule has 0 aliphatic heterocycles. The first-order chi connectivity index (χ1) is 9.63. The van der Waals surface area contributed by atoms with E-state index < -0.39 is 0 Å². The second-order valence-corrected chi connectivity index (χ2v) is 5.08. The van der Waals surface area contributed by atoms with Gasteiger partial charge in [0.05, 0.1) is 17.9 Å². The van der Waals surface area contributed by atoms with E-state index in [9.17, 15) is 4.39 Å². The summed E-state index contributed by atoms with van der Waals surface area (Å²) in [5.74, 6) is -0.302. The minimum absolute atomic E-state index is 0.00968. The molecule has 20 heavy (non-hydrogen) atoms. The van der Waals surface area contributed by atoms with E-state index in [-0.39, 0.29) is 11.9 Å². The summed E-state index contributed by atoms with van der Waals surface area (Å²) in [7, 11) is 0. The van der Waals surface area contributed by atoms with Gasteiger partial charge in [0.1, 0.15) is 5.82 Å². The van der Waals surface area contributed by atoms with Crippen LogP contribution in [0.2, 0.25) is 0 Å². The summed E-state index contributed by atoms with van der Waals surface area (Å²) in [6.45, 7) is 7.25. The van der Waals surface area contributed by atoms with Gasteiger partial charge in [-0.3, -0.25) is 4.98 Å². The van der Waals surface area contributed by atoms with Crippen molar-refractivity contribution in [2.75, 3.05) is 6.54 Å². The number of hydrogen-bond acceptors (Lipinski definition) is 2. The highest BCUT2D eigenvalue weighted by atomic mass is 19.1. The van der Waals surface area contributed by atoms with Crippen LogP contribution in [-0.4, -0.2) is 11.5 Å². The third-order valence-corrected chi connectivity index (χ3v) is 3.60. The third-order valence-electron chi connectivity index (χ3n) is 3.60. The van der Waals surface area contributed by atoms with E-state index in [1.54, 1.807) is 6.07 Å². The number of aryl methyl sites for hydroxylation is 1. The summed E-state index contributed by atoms with van der Waals surface area (Å²) < 4.78 is 13.1. The van der Waals surface area contributed by atoms with Crippen molar-refractivity contribution in [1.82, 2.24) is 10.3 Å². The lowest BCUT2D eigenvalue weighted by atomic mass is 9.95. The van der Waals surface area contributed by atoms with Gasteiger partial charge in [-0.25, -0.2) is 4.39 Å². The quantitative estimate of drug-likeness (QED) is 0.892. The fraction of sp³-hybridized carbons (Fsp3) is 0.353. The Kier molecular flexibility index (Phi) is 4.85. The van der Waals surface area contributed by atoms with Crippen molar-refractivity contribution in [3.63, 3.8) is 0 Å². The molecule has 1 aromatic heterocycles. The summed E-state index contributed by atoms with van der Waals surface area (Å²) in [6.07, 6.45) is 2.32. The van der Waals surface area contributed by atoms with E-state index >= 15 is 0 Å². The topological polar surface area (TPSA) is 24.9 Å². The van der Waals surface area contributed by atoms with Crippen LogP contribution < -0.4 is 5.32 Å². The predicted molar refractivity (Wildman–Crippen MR) is 80.2 cm³/mol. The molecule has 2 nitrogen and oxygen atoms in total. The number of nitrogens with one attached hydrogen (secondary N) is 1. The predicted octanol–water partition coefficient (Wildman–Crippen LogP) is 3.93. The minimum atomic E-state index is -0.302. The molecule has 0 spiro atoms. The zero-order valence-electron chi connectivity index (χ0n) is 12.3. The Labute approximate surface area is 120 Å². The molecular weight excluding hydrogens is 251 g/mol. The molecule has 1 N–H and O–H groups in total. The van der Waals surface area contributed by atoms with Gasteiger partial charge in [-0.15, -0.1) is 0 Å². The Morgan fingerprint density at radius 3 is 2.65 bits per heavy atom. The number of aromatic nitrogens is 1. The molecule has 106 valence electrons. The molecule has 0 saturated heterocycles. The van der Waals surface area contributed by atoms with Crippen LogP contribution in [0.5, 0.6) is 0 Å². The van der Waals surface area contributed by atoms with Crippen LogP contribution in [-0.2, 0) is 0 Å². The van der Waals surface area contributed by atoms with Crippen molar-refractivity contribution in [3.05, 3.63) is 64.7 Å². The SMILES string of the molecule is CCCNC(c1ccc(F)cn1)c1cccc(C)c1C. The van der Waals surface area contributed by atoms with Gasteiger partial charge in [-0.1, -0.05) is 25.1 Å². The van der Waals surface area contributed by atoms with Gasteiger partial charge in [-0.05, 0) is 55.6 Å². The molecule has 0 amide bonds. The Morgan fingerprint density at radius 2 is 2.00 bits per heavy atom. The normalized spacial score (nSPS) is 12.4. The molecule has 1 aromatic carbocycles. The van der Waals surface area contributed by atoms with Crippen LogP contribution in [0.1, 0.15) is 41.8 Å². The molecule has 2 aromatic rings. The molecule has 0 saturated carbocycles. The van der Waals surface area contributed by atoms with Gasteiger partial charge in [0.15, 0.2) is 0 Å². The lowest BCUT2D eigenvalue weighted by Crippen LogP contribution is -2.25. The second-order valence-electron chi connectivity index (χ2n) is 5.08. The number of benzene rings is 1. The first-order valence-corrected chi connectivity index (χ1v) is 7.04. The highest BCUT2D eigenvalue weighted by Gasteiger charge is 2.17. The zero-order chi connectivity index (χ0) is 14.5. The highest BCUT2D eigenvalue weighted by Crippen LogP contribution is 2.25. The van der Waals surface area contributed by atoms with Crippen LogP contribution in [0.25, 0.3) is 0 Å². The van der Waals surface area contributed by atoms with Crippen molar-refractivity contribution in [2.45, 2.75) is 33.2 Å². The highest BCUT2D eigenvalue weighted by molar-refractivity contribution is 5.39. The van der Waals surface area contributed by atoms with Crippen molar-refractivity contribution in [1.29, 1.82) is 0 Å². The van der Waals surface area contributed by atoms with Gasteiger partial charge in [-0.2, -0.15) is 0 Å². The van der Waals surface area contributed by atoms with Crippen molar-refractivity contribution in [2.24, 2.45) is 0 Å². The Hall–Kier alpha value is -1.74. The number of rotatable bonds is 5. The lowest BCUT2D eigenvalue weighted by Gasteiger charge is -2.21. The molecule has 1 atom stereocenters. The van der Waals surface area contributed by atoms with E-state index in [1.807, 2.05) is 0 Å². The molecule has 1 unspecified atom stereocenters. The Bertz CT molecular complexity index is 564. The molecule has 1 heterocycles. The van der Waals surface area contributed by atoms with E-state index in [0.717, 1.165) is 18.7 Å². The van der Waals surface area contributed by atoms with E-state index in [0.29, 0.717) is 0 Å². The molecule has 2 rings (SSSR count). The first kappa shape index (κ1) is 14.7. The van der Waals surface area contributed by atoms with Gasteiger partial charge < -0.3 is 5.32 Å². The van der Waals surface area contributed by atoms with E-state index in [4.69, 9.17) is 0 Å². The number of halogens is 1. The van der Waals surface area contributed by atoms with Crippen LogP contribution in [0.4, 0.5) is 4.39 Å². The monoisotopic (exact) mass is 272 g/mol. The largest absolute Gasteiger partial charge is 0.305 e. The van der Waals surface area contributed by atoms with Crippen LogP contribution in [0.15, 0.2) is 36.5 Å². The Balaban J connectivity index is 2.41. The number of hydrogen-bond donors (Lipinski definition) is 1. The van der Waals surface area contributed by atoms with Gasteiger partial charge in [0.25, 0.3) is 0 Å². The van der Waals surface area contributed by atoms with Crippen LogP contribution in [0, 0.1) is 19.7 Å². The number of pyridine rings is 1. The zero-order valence-corrected chi connectivity index (χ0v) is 12.3. The maximum Gasteiger partial charge on any atom is 0.141 e. The van der Waals surface area contributed by atoms with Crippen molar-refractivity contribution >= 4 is 0 Å². The molecule has 0 aliphatic carbocycles. The maximum absolute atomic E-state index is 13.1. The van der Waals surface area contributed by atoms with Crippen LogP contribution in [0.3, 0.4) is 0 Å². The fourth-order valence-electron chi connectivity index (χ4n) is 2.31. The summed E-state index contributed by atoms with van der Waals surface area (Å²) in [4.78, 5) is 4.24. The average molecular weight is 272 g/mol. The summed E-state index contributed by atoms with van der Waals surface area (Å²) in [6, 6.07) is 9.50. The fourth-order valence-corrected chi connectivity index (χ4v) is 2.31. The molecule has 0 bridgehead atoms. The van der Waals surface area contributed by atoms with Crippen molar-refractivity contribution in [3.8, 4) is 0 Å². The summed E-state index contributed by atoms with van der Waals surface area (Å²) >= 11 is 0. The smallest absolute Gasteiger partial charge is 0.141 e. The maximum atomic E-state index is 13.1. The molecule has 0 fully saturated rings. The minimum Gasteiger partial charge on any atom is -0.305 e. The summed E-state index contributed by atoms with van der Waals surface area (Å²) in [5, 5.41) is 3.50. The van der Waals surface area contributed by atoms with Crippen molar-refractivity contribution < 1.29 is 4.39 Å². The van der Waals surface area contributed by atoms with Gasteiger partial charge in [0, 0.05) is 0 Å². The van der Waals surface area contributed by atoms with Gasteiger partial charge >= 0.3 is 0 Å². The average Bonchev–Trinajstić information content (AvgIpc) is 2.45. The van der Waals surface area contributed by atoms with E-state index in [2.05, 4.69) is 49.3 Å². The Morgan fingerprint density at radius 1 is 1.20 bits per heavy atom. The van der Waals surface area contributed by atoms with Crippen LogP contribution >= 0.6 is 0 Å². The standard InChI is InChI=1S/C17H21FN2/c1-4-10-19-17(16-9-8-14(18)11-20-16)15-7-5-6-12(2)13(15)3/h5-9,11,17,19H,4,10H2,1-3H3. The molecule has 3 heteroatoms. The molecular formula is C17H21FN2. The summed E-state index contributed by atoms with van der Waals surface area (Å²) in [5.41, 5.74) is 4.58. The lowest BCUT2D eigenvalue weighted by molar-refractivity contribution is 0.574. The van der Waals surface area contributed by atoms with Gasteiger partial charge in [0.2, 0.25) is 0 Å². The van der Waals surface area contributed by atoms with E-state index in [1.165, 1.54) is 29.0 Å². The number of nitrogens with zero attached hydrogens (tertiary/aromatic N) is 1. The second kappa shape index (κ2) is 6.62.